The highest BCUT2D eigenvalue weighted by atomic mass is 16.4. The van der Waals surface area contributed by atoms with Gasteiger partial charge in [-0.2, -0.15) is 0 Å². The van der Waals surface area contributed by atoms with Gasteiger partial charge in [0.2, 0.25) is 0 Å². The van der Waals surface area contributed by atoms with Crippen molar-refractivity contribution in [1.29, 1.82) is 0 Å². The molecule has 5 heteroatoms. The normalized spacial score (nSPS) is 11.6. The number of carboxylic acid groups (broad SMARTS) is 1. The maximum absolute atomic E-state index is 12.0. The van der Waals surface area contributed by atoms with Crippen LogP contribution in [0, 0.1) is 0 Å². The van der Waals surface area contributed by atoms with Crippen molar-refractivity contribution >= 4 is 11.9 Å². The van der Waals surface area contributed by atoms with Crippen LogP contribution in [0.15, 0.2) is 54.9 Å². The van der Waals surface area contributed by atoms with Crippen LogP contribution in [0.2, 0.25) is 0 Å². The molecule has 2 N–H and O–H groups in total. The molecule has 0 aliphatic rings. The summed E-state index contributed by atoms with van der Waals surface area (Å²) in [7, 11) is 0. The number of hydrogen-bond donors (Lipinski definition) is 2. The number of carbonyl (C=O) groups is 2. The molecule has 0 bridgehead atoms. The quantitative estimate of drug-likeness (QED) is 0.849. The number of aromatic nitrogens is 1. The molecule has 1 aromatic carbocycles. The average Bonchev–Trinajstić information content (AvgIpc) is 2.52. The van der Waals surface area contributed by atoms with Gasteiger partial charge >= 0.3 is 5.97 Å². The van der Waals surface area contributed by atoms with Crippen LogP contribution in [-0.2, 0) is 11.2 Å². The van der Waals surface area contributed by atoms with Crippen molar-refractivity contribution in [3.05, 3.63) is 66.0 Å². The van der Waals surface area contributed by atoms with Crippen molar-refractivity contribution < 1.29 is 14.7 Å². The molecule has 0 aliphatic heterocycles. The molecule has 1 aromatic heterocycles. The van der Waals surface area contributed by atoms with E-state index in [2.05, 4.69) is 10.3 Å². The third kappa shape index (κ3) is 4.42. The minimum atomic E-state index is -1.03. The van der Waals surface area contributed by atoms with Gasteiger partial charge in [-0.15, -0.1) is 0 Å². The Morgan fingerprint density at radius 1 is 1.10 bits per heavy atom. The minimum absolute atomic E-state index is 0.343. The highest BCUT2D eigenvalue weighted by molar-refractivity contribution is 5.96. The molecule has 21 heavy (non-hydrogen) atoms. The van der Waals surface area contributed by atoms with Gasteiger partial charge < -0.3 is 10.4 Å². The Kier molecular flexibility index (Phi) is 5.04. The zero-order valence-electron chi connectivity index (χ0n) is 11.4. The summed E-state index contributed by atoms with van der Waals surface area (Å²) in [6.07, 6.45) is 3.92. The maximum atomic E-state index is 12.0. The number of rotatable bonds is 6. The number of amides is 1. The third-order valence-corrected chi connectivity index (χ3v) is 3.11. The molecular formula is C16H16N2O3. The minimum Gasteiger partial charge on any atom is -0.480 e. The number of benzene rings is 1. The van der Waals surface area contributed by atoms with Crippen LogP contribution in [0.3, 0.4) is 0 Å². The van der Waals surface area contributed by atoms with Gasteiger partial charge in [-0.3, -0.25) is 9.78 Å². The molecule has 1 unspecified atom stereocenters. The second-order valence-electron chi connectivity index (χ2n) is 4.62. The average molecular weight is 284 g/mol. The molecule has 0 spiro atoms. The molecule has 108 valence electrons. The Morgan fingerprint density at radius 3 is 2.38 bits per heavy atom. The topological polar surface area (TPSA) is 79.3 Å². The van der Waals surface area contributed by atoms with Crippen molar-refractivity contribution in [3.8, 4) is 0 Å². The monoisotopic (exact) mass is 284 g/mol. The van der Waals surface area contributed by atoms with Gasteiger partial charge in [0.1, 0.15) is 6.04 Å². The number of carbonyl (C=O) groups excluding carboxylic acids is 1. The molecule has 0 saturated carbocycles. The summed E-state index contributed by atoms with van der Waals surface area (Å²) >= 11 is 0. The Morgan fingerprint density at radius 2 is 1.76 bits per heavy atom. The summed E-state index contributed by atoms with van der Waals surface area (Å²) in [6.45, 7) is 0. The number of hydrogen-bond acceptors (Lipinski definition) is 3. The molecular weight excluding hydrogens is 268 g/mol. The first-order valence-electron chi connectivity index (χ1n) is 6.64. The summed E-state index contributed by atoms with van der Waals surface area (Å²) in [5.41, 5.74) is 1.44. The molecule has 1 heterocycles. The van der Waals surface area contributed by atoms with Crippen molar-refractivity contribution in [2.75, 3.05) is 0 Å². The van der Waals surface area contributed by atoms with Crippen molar-refractivity contribution in [2.45, 2.75) is 18.9 Å². The number of pyridine rings is 1. The highest BCUT2D eigenvalue weighted by Gasteiger charge is 2.20. The number of aliphatic carboxylic acids is 1. The predicted octanol–water partition coefficient (Wildman–Crippen LogP) is 1.90. The van der Waals surface area contributed by atoms with Gasteiger partial charge in [0.25, 0.3) is 5.91 Å². The summed E-state index contributed by atoms with van der Waals surface area (Å²) in [4.78, 5) is 27.1. The lowest BCUT2D eigenvalue weighted by Crippen LogP contribution is -2.41. The molecule has 0 fully saturated rings. The van der Waals surface area contributed by atoms with Crippen LogP contribution >= 0.6 is 0 Å². The van der Waals surface area contributed by atoms with E-state index in [0.717, 1.165) is 5.56 Å². The maximum Gasteiger partial charge on any atom is 0.326 e. The molecule has 0 aliphatic carbocycles. The van der Waals surface area contributed by atoms with E-state index in [0.29, 0.717) is 18.4 Å². The van der Waals surface area contributed by atoms with Crippen LogP contribution in [-0.4, -0.2) is 28.0 Å². The smallest absolute Gasteiger partial charge is 0.326 e. The van der Waals surface area contributed by atoms with Crippen molar-refractivity contribution in [3.63, 3.8) is 0 Å². The zero-order chi connectivity index (χ0) is 15.1. The number of nitrogens with one attached hydrogen (secondary N) is 1. The Bertz CT molecular complexity index is 599. The van der Waals surface area contributed by atoms with E-state index in [1.165, 1.54) is 12.4 Å². The number of carboxylic acids is 1. The first-order chi connectivity index (χ1) is 10.2. The van der Waals surface area contributed by atoms with Crippen molar-refractivity contribution in [2.24, 2.45) is 0 Å². The molecule has 1 atom stereocenters. The SMILES string of the molecule is O=C(NC(CCc1ccccc1)C(=O)O)c1ccncc1. The molecule has 0 radical (unpaired) electrons. The van der Waals surface area contributed by atoms with Gasteiger partial charge in [0.05, 0.1) is 0 Å². The van der Waals surface area contributed by atoms with Gasteiger partial charge in [-0.25, -0.2) is 4.79 Å². The van der Waals surface area contributed by atoms with Crippen LogP contribution in [0.4, 0.5) is 0 Å². The number of aryl methyl sites for hydroxylation is 1. The second-order valence-corrected chi connectivity index (χ2v) is 4.62. The summed E-state index contributed by atoms with van der Waals surface area (Å²) < 4.78 is 0. The summed E-state index contributed by atoms with van der Waals surface area (Å²) in [6, 6.07) is 11.8. The van der Waals surface area contributed by atoms with E-state index in [1.54, 1.807) is 12.1 Å². The predicted molar refractivity (Wildman–Crippen MR) is 77.9 cm³/mol. The Labute approximate surface area is 122 Å². The van der Waals surface area contributed by atoms with Gasteiger partial charge in [0.15, 0.2) is 0 Å². The largest absolute Gasteiger partial charge is 0.480 e. The lowest BCUT2D eigenvalue weighted by atomic mass is 10.0. The summed E-state index contributed by atoms with van der Waals surface area (Å²) in [5, 5.41) is 11.8. The third-order valence-electron chi connectivity index (χ3n) is 3.11. The summed E-state index contributed by atoms with van der Waals surface area (Å²) in [5.74, 6) is -1.44. The van der Waals surface area contributed by atoms with E-state index >= 15 is 0 Å². The van der Waals surface area contributed by atoms with Crippen LogP contribution in [0.25, 0.3) is 0 Å². The van der Waals surface area contributed by atoms with E-state index < -0.39 is 17.9 Å². The van der Waals surface area contributed by atoms with E-state index in [-0.39, 0.29) is 0 Å². The fraction of sp³-hybridized carbons (Fsp3) is 0.188. The number of nitrogens with zero attached hydrogens (tertiary/aromatic N) is 1. The van der Waals surface area contributed by atoms with Crippen molar-refractivity contribution in [1.82, 2.24) is 10.3 Å². The van der Waals surface area contributed by atoms with Crippen LogP contribution in [0.1, 0.15) is 22.3 Å². The Balaban J connectivity index is 1.96. The standard InChI is InChI=1S/C16H16N2O3/c19-15(13-8-10-17-11-9-13)18-14(16(20)21)7-6-12-4-2-1-3-5-12/h1-5,8-11,14H,6-7H2,(H,18,19)(H,20,21). The molecule has 0 saturated heterocycles. The molecule has 5 nitrogen and oxygen atoms in total. The van der Waals surface area contributed by atoms with Gasteiger partial charge in [0, 0.05) is 18.0 Å². The lowest BCUT2D eigenvalue weighted by Gasteiger charge is -2.14. The van der Waals surface area contributed by atoms with Crippen LogP contribution in [0.5, 0.6) is 0 Å². The highest BCUT2D eigenvalue weighted by Crippen LogP contribution is 2.06. The fourth-order valence-corrected chi connectivity index (χ4v) is 1.96. The fourth-order valence-electron chi connectivity index (χ4n) is 1.96. The Hall–Kier alpha value is -2.69. The molecule has 2 aromatic rings. The van der Waals surface area contributed by atoms with Crippen LogP contribution < -0.4 is 5.32 Å². The van der Waals surface area contributed by atoms with Gasteiger partial charge in [-0.1, -0.05) is 30.3 Å². The lowest BCUT2D eigenvalue weighted by molar-refractivity contribution is -0.139. The molecule has 1 amide bonds. The molecule has 2 rings (SSSR count). The first kappa shape index (κ1) is 14.7. The van der Waals surface area contributed by atoms with E-state index in [4.69, 9.17) is 0 Å². The first-order valence-corrected chi connectivity index (χ1v) is 6.64. The van der Waals surface area contributed by atoms with Gasteiger partial charge in [-0.05, 0) is 30.5 Å². The van der Waals surface area contributed by atoms with E-state index in [1.807, 2.05) is 30.3 Å². The zero-order valence-corrected chi connectivity index (χ0v) is 11.4. The second kappa shape index (κ2) is 7.19. The van der Waals surface area contributed by atoms with E-state index in [9.17, 15) is 14.7 Å².